The van der Waals surface area contributed by atoms with Crippen molar-refractivity contribution < 1.29 is 22.5 Å². The Morgan fingerprint density at radius 2 is 2.08 bits per heavy atom. The standard InChI is InChI=1S/C16H19N3O5S/c1-10-16(11(2)24-17-10)25(21,22)18-12-6-7-13(14(9-12)23-3)19-8-4-5-15(19)20/h6-7,9,18H,4-5,8H2,1-3H3. The normalized spacial score (nSPS) is 14.8. The maximum atomic E-state index is 12.6. The minimum absolute atomic E-state index is 0.0188. The summed E-state index contributed by atoms with van der Waals surface area (Å²) in [5.74, 6) is 0.674. The van der Waals surface area contributed by atoms with E-state index in [1.165, 1.54) is 14.0 Å². The van der Waals surface area contributed by atoms with Crippen LogP contribution in [0, 0.1) is 13.8 Å². The van der Waals surface area contributed by atoms with Crippen LogP contribution in [-0.4, -0.2) is 33.1 Å². The summed E-state index contributed by atoms with van der Waals surface area (Å²) in [6, 6.07) is 4.82. The SMILES string of the molecule is COc1cc(NS(=O)(=O)c2c(C)noc2C)ccc1N1CCCC1=O. The fourth-order valence-electron chi connectivity index (χ4n) is 2.93. The number of methoxy groups -OCH3 is 1. The topological polar surface area (TPSA) is 102 Å². The third kappa shape index (κ3) is 3.19. The van der Waals surface area contributed by atoms with Crippen molar-refractivity contribution >= 4 is 27.3 Å². The highest BCUT2D eigenvalue weighted by molar-refractivity contribution is 7.92. The lowest BCUT2D eigenvalue weighted by molar-refractivity contribution is -0.117. The molecule has 0 spiro atoms. The zero-order valence-electron chi connectivity index (χ0n) is 14.2. The van der Waals surface area contributed by atoms with Crippen LogP contribution in [0.4, 0.5) is 11.4 Å². The maximum absolute atomic E-state index is 12.6. The van der Waals surface area contributed by atoms with E-state index in [0.29, 0.717) is 30.1 Å². The van der Waals surface area contributed by atoms with E-state index < -0.39 is 10.0 Å². The number of amides is 1. The molecular weight excluding hydrogens is 346 g/mol. The second-order valence-corrected chi connectivity index (χ2v) is 7.41. The van der Waals surface area contributed by atoms with E-state index in [4.69, 9.17) is 9.26 Å². The van der Waals surface area contributed by atoms with Crippen molar-refractivity contribution in [2.24, 2.45) is 0 Å². The van der Waals surface area contributed by atoms with Gasteiger partial charge in [0.2, 0.25) is 5.91 Å². The van der Waals surface area contributed by atoms with Crippen molar-refractivity contribution in [2.75, 3.05) is 23.3 Å². The number of rotatable bonds is 5. The van der Waals surface area contributed by atoms with E-state index in [-0.39, 0.29) is 22.3 Å². The highest BCUT2D eigenvalue weighted by Crippen LogP contribution is 2.34. The summed E-state index contributed by atoms with van der Waals surface area (Å²) in [6.07, 6.45) is 1.30. The molecule has 3 rings (SSSR count). The molecule has 0 aliphatic carbocycles. The van der Waals surface area contributed by atoms with Crippen LogP contribution in [0.3, 0.4) is 0 Å². The number of carbonyl (C=O) groups is 1. The molecule has 1 N–H and O–H groups in total. The minimum Gasteiger partial charge on any atom is -0.494 e. The van der Waals surface area contributed by atoms with Crippen LogP contribution in [0.5, 0.6) is 5.75 Å². The van der Waals surface area contributed by atoms with E-state index >= 15 is 0 Å². The van der Waals surface area contributed by atoms with Crippen molar-refractivity contribution in [3.05, 3.63) is 29.7 Å². The number of nitrogens with zero attached hydrogens (tertiary/aromatic N) is 2. The first kappa shape index (κ1) is 17.3. The zero-order chi connectivity index (χ0) is 18.2. The summed E-state index contributed by atoms with van der Waals surface area (Å²) in [4.78, 5) is 13.6. The molecule has 9 heteroatoms. The first-order valence-electron chi connectivity index (χ1n) is 7.77. The third-order valence-electron chi connectivity index (χ3n) is 4.03. The predicted octanol–water partition coefficient (Wildman–Crippen LogP) is 2.23. The van der Waals surface area contributed by atoms with Gasteiger partial charge in [-0.3, -0.25) is 9.52 Å². The number of ether oxygens (including phenoxy) is 1. The predicted molar refractivity (Wildman–Crippen MR) is 91.4 cm³/mol. The summed E-state index contributed by atoms with van der Waals surface area (Å²) < 4.78 is 37.9. The lowest BCUT2D eigenvalue weighted by Crippen LogP contribution is -2.24. The lowest BCUT2D eigenvalue weighted by Gasteiger charge is -2.19. The van der Waals surface area contributed by atoms with E-state index in [9.17, 15) is 13.2 Å². The van der Waals surface area contributed by atoms with Crippen LogP contribution < -0.4 is 14.4 Å². The first-order valence-corrected chi connectivity index (χ1v) is 9.26. The molecule has 1 fully saturated rings. The van der Waals surface area contributed by atoms with Gasteiger partial charge in [-0.15, -0.1) is 0 Å². The first-order chi connectivity index (χ1) is 11.8. The highest BCUT2D eigenvalue weighted by Gasteiger charge is 2.27. The van der Waals surface area contributed by atoms with Crippen molar-refractivity contribution in [3.63, 3.8) is 0 Å². The van der Waals surface area contributed by atoms with Crippen LogP contribution in [0.2, 0.25) is 0 Å². The van der Waals surface area contributed by atoms with Crippen LogP contribution in [0.25, 0.3) is 0 Å². The summed E-state index contributed by atoms with van der Waals surface area (Å²) in [5.41, 5.74) is 1.24. The van der Waals surface area contributed by atoms with Gasteiger partial charge in [0.1, 0.15) is 11.4 Å². The van der Waals surface area contributed by atoms with Gasteiger partial charge in [-0.05, 0) is 32.4 Å². The molecule has 1 aliphatic rings. The summed E-state index contributed by atoms with van der Waals surface area (Å²) in [7, 11) is -2.36. The monoisotopic (exact) mass is 365 g/mol. The molecule has 1 aromatic carbocycles. The van der Waals surface area contributed by atoms with Gasteiger partial charge in [-0.1, -0.05) is 5.16 Å². The van der Waals surface area contributed by atoms with Gasteiger partial charge >= 0.3 is 0 Å². The highest BCUT2D eigenvalue weighted by atomic mass is 32.2. The Labute approximate surface area is 145 Å². The maximum Gasteiger partial charge on any atom is 0.267 e. The van der Waals surface area contributed by atoms with Gasteiger partial charge in [0.15, 0.2) is 10.7 Å². The number of nitrogens with one attached hydrogen (secondary N) is 1. The molecule has 0 bridgehead atoms. The van der Waals surface area contributed by atoms with Crippen LogP contribution in [0.1, 0.15) is 24.3 Å². The van der Waals surface area contributed by atoms with Gasteiger partial charge in [-0.25, -0.2) is 8.42 Å². The number of benzene rings is 1. The van der Waals surface area contributed by atoms with Crippen LogP contribution in [0.15, 0.2) is 27.6 Å². The van der Waals surface area contributed by atoms with Crippen molar-refractivity contribution in [1.29, 1.82) is 0 Å². The van der Waals surface area contributed by atoms with Gasteiger partial charge in [0.05, 0.1) is 18.5 Å². The largest absolute Gasteiger partial charge is 0.494 e. The molecule has 1 amide bonds. The van der Waals surface area contributed by atoms with Gasteiger partial charge in [0, 0.05) is 19.0 Å². The van der Waals surface area contributed by atoms with Gasteiger partial charge in [-0.2, -0.15) is 0 Å². The average Bonchev–Trinajstić information content (AvgIpc) is 3.12. The molecule has 0 atom stereocenters. The fraction of sp³-hybridized carbons (Fsp3) is 0.375. The molecule has 25 heavy (non-hydrogen) atoms. The molecule has 1 aromatic heterocycles. The van der Waals surface area contributed by atoms with Crippen molar-refractivity contribution in [1.82, 2.24) is 5.16 Å². The Kier molecular flexibility index (Phi) is 4.42. The summed E-state index contributed by atoms with van der Waals surface area (Å²) in [5, 5.41) is 3.67. The van der Waals surface area contributed by atoms with Crippen molar-refractivity contribution in [2.45, 2.75) is 31.6 Å². The number of hydrogen-bond acceptors (Lipinski definition) is 6. The smallest absolute Gasteiger partial charge is 0.267 e. The number of aromatic nitrogens is 1. The molecule has 0 unspecified atom stereocenters. The van der Waals surface area contributed by atoms with Gasteiger partial charge < -0.3 is 14.2 Å². The fourth-order valence-corrected chi connectivity index (χ4v) is 4.31. The van der Waals surface area contributed by atoms with Crippen LogP contribution >= 0.6 is 0 Å². The molecule has 1 aliphatic heterocycles. The molecule has 8 nitrogen and oxygen atoms in total. The summed E-state index contributed by atoms with van der Waals surface area (Å²) >= 11 is 0. The number of hydrogen-bond donors (Lipinski definition) is 1. The number of carbonyl (C=O) groups excluding carboxylic acids is 1. The quantitative estimate of drug-likeness (QED) is 0.872. The number of aryl methyl sites for hydroxylation is 2. The summed E-state index contributed by atoms with van der Waals surface area (Å²) in [6.45, 7) is 3.73. The average molecular weight is 365 g/mol. The molecule has 2 aromatic rings. The molecule has 0 radical (unpaired) electrons. The second kappa shape index (κ2) is 6.40. The van der Waals surface area contributed by atoms with E-state index in [1.807, 2.05) is 0 Å². The zero-order valence-corrected chi connectivity index (χ0v) is 15.0. The molecule has 2 heterocycles. The Bertz CT molecular complexity index is 900. The van der Waals surface area contributed by atoms with E-state index in [1.54, 1.807) is 30.0 Å². The molecule has 134 valence electrons. The Morgan fingerprint density at radius 3 is 2.64 bits per heavy atom. The minimum atomic E-state index is -3.84. The lowest BCUT2D eigenvalue weighted by atomic mass is 10.2. The van der Waals surface area contributed by atoms with Gasteiger partial charge in [0.25, 0.3) is 10.0 Å². The molecular formula is C16H19N3O5S. The number of sulfonamides is 1. The Morgan fingerprint density at radius 1 is 1.32 bits per heavy atom. The Hall–Kier alpha value is -2.55. The third-order valence-corrected chi connectivity index (χ3v) is 5.66. The Balaban J connectivity index is 1.92. The molecule has 0 saturated carbocycles. The van der Waals surface area contributed by atoms with Crippen LogP contribution in [-0.2, 0) is 14.8 Å². The molecule has 1 saturated heterocycles. The number of anilines is 2. The second-order valence-electron chi connectivity index (χ2n) is 5.79. The van der Waals surface area contributed by atoms with E-state index in [2.05, 4.69) is 9.88 Å². The van der Waals surface area contributed by atoms with E-state index in [0.717, 1.165) is 6.42 Å². The van der Waals surface area contributed by atoms with Crippen molar-refractivity contribution in [3.8, 4) is 5.75 Å².